The third kappa shape index (κ3) is 7.92. The molecule has 61 valence electrons. The molecule has 0 saturated carbocycles. The van der Waals surface area contributed by atoms with Crippen molar-refractivity contribution in [3.05, 3.63) is 0 Å². The molecule has 0 bridgehead atoms. The van der Waals surface area contributed by atoms with Crippen LogP contribution in [0.2, 0.25) is 0 Å². The maximum Gasteiger partial charge on any atom is 0.0256 e. The third-order valence-corrected chi connectivity index (χ3v) is 1.46. The van der Waals surface area contributed by atoms with Crippen LogP contribution in [0.15, 0.2) is 0 Å². The summed E-state index contributed by atoms with van der Waals surface area (Å²) in [4.78, 5) is 0. The fraction of sp³-hybridized carbons (Fsp3) is 1.00. The van der Waals surface area contributed by atoms with E-state index in [1.165, 1.54) is 25.7 Å². The summed E-state index contributed by atoms with van der Waals surface area (Å²) < 4.78 is 0. The molecule has 0 aromatic rings. The fourth-order valence-corrected chi connectivity index (χ4v) is 0.853. The lowest BCUT2D eigenvalue weighted by Crippen LogP contribution is -2.16. The molecule has 0 saturated heterocycles. The van der Waals surface area contributed by atoms with Gasteiger partial charge < -0.3 is 5.73 Å². The molecule has 10 heavy (non-hydrogen) atoms. The average Bonchev–Trinajstić information content (AvgIpc) is 1.97. The first-order valence-electron chi connectivity index (χ1n) is 4.25. The molecule has 0 spiro atoms. The highest BCUT2D eigenvalue weighted by Gasteiger charge is 1.87. The van der Waals surface area contributed by atoms with E-state index in [0.29, 0.717) is 6.54 Å². The Labute approximate surface area is 64.2 Å². The Bertz CT molecular complexity index is 47.2. The number of hydrogen-bond donors (Lipinski definition) is 1. The van der Waals surface area contributed by atoms with Crippen LogP contribution in [0.5, 0.6) is 0 Å². The monoisotopic (exact) mass is 143 g/mol. The van der Waals surface area contributed by atoms with Gasteiger partial charge in [0.1, 0.15) is 0 Å². The molecule has 0 fully saturated rings. The molecular formula is C8H19N2. The zero-order valence-corrected chi connectivity index (χ0v) is 6.97. The number of rotatable bonds is 7. The normalized spacial score (nSPS) is 10.2. The topological polar surface area (TPSA) is 40.1 Å². The molecule has 0 aliphatic rings. The van der Waals surface area contributed by atoms with Crippen molar-refractivity contribution < 1.29 is 0 Å². The summed E-state index contributed by atoms with van der Waals surface area (Å²) in [6.45, 7) is 4.77. The van der Waals surface area contributed by atoms with E-state index >= 15 is 0 Å². The van der Waals surface area contributed by atoms with Crippen LogP contribution in [0.4, 0.5) is 0 Å². The molecule has 0 aromatic heterocycles. The maximum atomic E-state index is 5.28. The summed E-state index contributed by atoms with van der Waals surface area (Å²) in [7, 11) is 0. The fourth-order valence-electron chi connectivity index (χ4n) is 0.853. The molecule has 0 aliphatic heterocycles. The van der Waals surface area contributed by atoms with Crippen molar-refractivity contribution in [1.29, 1.82) is 0 Å². The molecule has 0 aromatic carbocycles. The van der Waals surface area contributed by atoms with E-state index in [-0.39, 0.29) is 0 Å². The minimum Gasteiger partial charge on any atom is -0.329 e. The van der Waals surface area contributed by atoms with Gasteiger partial charge in [0.2, 0.25) is 0 Å². The molecule has 0 amide bonds. The van der Waals surface area contributed by atoms with Crippen molar-refractivity contribution in [2.75, 3.05) is 19.6 Å². The summed E-state index contributed by atoms with van der Waals surface area (Å²) >= 11 is 0. The molecule has 0 rings (SSSR count). The molecule has 0 aliphatic carbocycles. The highest BCUT2D eigenvalue weighted by atomic mass is 14.9. The number of unbranched alkanes of at least 4 members (excludes halogenated alkanes) is 3. The van der Waals surface area contributed by atoms with Gasteiger partial charge in [0, 0.05) is 19.6 Å². The van der Waals surface area contributed by atoms with Crippen LogP contribution in [-0.4, -0.2) is 19.6 Å². The lowest BCUT2D eigenvalue weighted by molar-refractivity contribution is 0.594. The van der Waals surface area contributed by atoms with E-state index < -0.39 is 0 Å². The quantitative estimate of drug-likeness (QED) is 0.533. The first kappa shape index (κ1) is 9.92. The van der Waals surface area contributed by atoms with E-state index in [1.807, 2.05) is 0 Å². The Balaban J connectivity index is 2.65. The molecule has 2 heteroatoms. The number of nitrogens with two attached hydrogens (primary N) is 1. The van der Waals surface area contributed by atoms with Crippen LogP contribution in [0.1, 0.15) is 32.6 Å². The van der Waals surface area contributed by atoms with Gasteiger partial charge in [-0.15, -0.1) is 0 Å². The van der Waals surface area contributed by atoms with Gasteiger partial charge in [0.05, 0.1) is 0 Å². The molecule has 1 radical (unpaired) electrons. The molecule has 2 nitrogen and oxygen atoms in total. The largest absolute Gasteiger partial charge is 0.329 e. The van der Waals surface area contributed by atoms with Crippen LogP contribution in [-0.2, 0) is 0 Å². The van der Waals surface area contributed by atoms with Crippen molar-refractivity contribution in [3.8, 4) is 0 Å². The van der Waals surface area contributed by atoms with Gasteiger partial charge in [-0.25, -0.2) is 5.32 Å². The van der Waals surface area contributed by atoms with Gasteiger partial charge in [-0.2, -0.15) is 0 Å². The molecule has 0 unspecified atom stereocenters. The van der Waals surface area contributed by atoms with Gasteiger partial charge in [-0.05, 0) is 6.42 Å². The Morgan fingerprint density at radius 2 is 1.90 bits per heavy atom. The molecule has 0 heterocycles. The number of nitrogens with zero attached hydrogens (tertiary/aromatic N) is 1. The van der Waals surface area contributed by atoms with Crippen molar-refractivity contribution in [2.24, 2.45) is 5.73 Å². The summed E-state index contributed by atoms with van der Waals surface area (Å²) in [6.07, 6.45) is 5.22. The Kier molecular flexibility index (Phi) is 8.85. The second-order valence-corrected chi connectivity index (χ2v) is 2.52. The van der Waals surface area contributed by atoms with Gasteiger partial charge >= 0.3 is 0 Å². The van der Waals surface area contributed by atoms with Crippen LogP contribution in [0, 0.1) is 0 Å². The summed E-state index contributed by atoms with van der Waals surface area (Å²) in [5.74, 6) is 0. The first-order valence-corrected chi connectivity index (χ1v) is 4.25. The summed E-state index contributed by atoms with van der Waals surface area (Å²) in [6, 6.07) is 0. The number of hydrogen-bond acceptors (Lipinski definition) is 1. The van der Waals surface area contributed by atoms with Crippen LogP contribution >= 0.6 is 0 Å². The van der Waals surface area contributed by atoms with E-state index in [1.54, 1.807) is 0 Å². The van der Waals surface area contributed by atoms with E-state index in [4.69, 9.17) is 5.73 Å². The SMILES string of the molecule is CCCCCC[N]CCN. The van der Waals surface area contributed by atoms with Crippen molar-refractivity contribution in [1.82, 2.24) is 5.32 Å². The third-order valence-electron chi connectivity index (χ3n) is 1.46. The summed E-state index contributed by atoms with van der Waals surface area (Å²) in [5.41, 5.74) is 5.28. The predicted octanol–water partition coefficient (Wildman–Crippen LogP) is 1.13. The molecule has 2 N–H and O–H groups in total. The van der Waals surface area contributed by atoms with E-state index in [2.05, 4.69) is 12.2 Å². The van der Waals surface area contributed by atoms with E-state index in [0.717, 1.165) is 13.1 Å². The molecular weight excluding hydrogens is 124 g/mol. The Hall–Kier alpha value is -0.0800. The van der Waals surface area contributed by atoms with Gasteiger partial charge in [0.15, 0.2) is 0 Å². The van der Waals surface area contributed by atoms with Crippen LogP contribution in [0.25, 0.3) is 0 Å². The van der Waals surface area contributed by atoms with E-state index in [9.17, 15) is 0 Å². The minimum atomic E-state index is 0.702. The van der Waals surface area contributed by atoms with Crippen molar-refractivity contribution in [3.63, 3.8) is 0 Å². The Morgan fingerprint density at radius 3 is 2.50 bits per heavy atom. The predicted molar refractivity (Wildman–Crippen MR) is 45.1 cm³/mol. The zero-order chi connectivity index (χ0) is 7.66. The Morgan fingerprint density at radius 1 is 1.10 bits per heavy atom. The smallest absolute Gasteiger partial charge is 0.0256 e. The van der Waals surface area contributed by atoms with Gasteiger partial charge in [-0.1, -0.05) is 26.2 Å². The summed E-state index contributed by atoms with van der Waals surface area (Å²) in [5, 5.41) is 4.24. The van der Waals surface area contributed by atoms with Crippen LogP contribution in [0.3, 0.4) is 0 Å². The lowest BCUT2D eigenvalue weighted by atomic mass is 10.2. The standard InChI is InChI=1S/C8H19N2/c1-2-3-4-5-7-10-8-6-9/h2-9H2,1H3. The zero-order valence-electron chi connectivity index (χ0n) is 6.97. The van der Waals surface area contributed by atoms with Crippen molar-refractivity contribution >= 4 is 0 Å². The minimum absolute atomic E-state index is 0.702. The highest BCUT2D eigenvalue weighted by molar-refractivity contribution is 4.47. The van der Waals surface area contributed by atoms with Crippen molar-refractivity contribution in [2.45, 2.75) is 32.6 Å². The second kappa shape index (κ2) is 8.92. The highest BCUT2D eigenvalue weighted by Crippen LogP contribution is 1.96. The average molecular weight is 143 g/mol. The maximum absolute atomic E-state index is 5.28. The van der Waals surface area contributed by atoms with Crippen LogP contribution < -0.4 is 11.1 Å². The lowest BCUT2D eigenvalue weighted by Gasteiger charge is -1.98. The van der Waals surface area contributed by atoms with Gasteiger partial charge in [0.25, 0.3) is 0 Å². The first-order chi connectivity index (χ1) is 4.91. The molecule has 0 atom stereocenters. The van der Waals surface area contributed by atoms with Gasteiger partial charge in [-0.3, -0.25) is 0 Å². The second-order valence-electron chi connectivity index (χ2n) is 2.52.